The molecule has 21 heavy (non-hydrogen) atoms. The van der Waals surface area contributed by atoms with Gasteiger partial charge in [0.1, 0.15) is 0 Å². The predicted octanol–water partition coefficient (Wildman–Crippen LogP) is 4.07. The molecule has 0 saturated heterocycles. The molecule has 0 heterocycles. The van der Waals surface area contributed by atoms with Crippen molar-refractivity contribution in [3.63, 3.8) is 0 Å². The van der Waals surface area contributed by atoms with Crippen molar-refractivity contribution >= 4 is 39.9 Å². The maximum Gasteiger partial charge on any atom is 0.271 e. The number of nitrogens with one attached hydrogen (secondary N) is 1. The van der Waals surface area contributed by atoms with E-state index in [1.54, 1.807) is 25.1 Å². The van der Waals surface area contributed by atoms with Crippen molar-refractivity contribution in [2.45, 2.75) is 13.8 Å². The highest BCUT2D eigenvalue weighted by atomic mass is 127. The second-order valence-corrected chi connectivity index (χ2v) is 5.84. The number of hydrogen-bond acceptors (Lipinski definition) is 3. The van der Waals surface area contributed by atoms with Gasteiger partial charge in [0.2, 0.25) is 0 Å². The van der Waals surface area contributed by atoms with Gasteiger partial charge in [0.15, 0.2) is 0 Å². The van der Waals surface area contributed by atoms with Crippen LogP contribution in [-0.4, -0.2) is 10.8 Å². The summed E-state index contributed by atoms with van der Waals surface area (Å²) in [4.78, 5) is 22.5. The zero-order valence-electron chi connectivity index (χ0n) is 11.5. The normalized spacial score (nSPS) is 10.2. The van der Waals surface area contributed by atoms with Crippen LogP contribution in [0.15, 0.2) is 36.4 Å². The maximum absolute atomic E-state index is 12.2. The number of carbonyl (C=O) groups excluding carboxylic acids is 1. The number of hydrogen-bond donors (Lipinski definition) is 1. The van der Waals surface area contributed by atoms with E-state index in [1.165, 1.54) is 12.1 Å². The average Bonchev–Trinajstić information content (AvgIpc) is 2.43. The van der Waals surface area contributed by atoms with Gasteiger partial charge in [-0.25, -0.2) is 0 Å². The summed E-state index contributed by atoms with van der Waals surface area (Å²) in [6, 6.07) is 9.80. The third-order valence-electron chi connectivity index (χ3n) is 3.11. The Morgan fingerprint density at radius 2 is 1.81 bits per heavy atom. The van der Waals surface area contributed by atoms with Gasteiger partial charge in [-0.15, -0.1) is 0 Å². The summed E-state index contributed by atoms with van der Waals surface area (Å²) in [5.74, 6) is -0.281. The Hall–Kier alpha value is -1.96. The average molecular weight is 396 g/mol. The Labute approximate surface area is 135 Å². The van der Waals surface area contributed by atoms with Crippen molar-refractivity contribution in [1.82, 2.24) is 0 Å². The summed E-state index contributed by atoms with van der Waals surface area (Å²) in [5.41, 5.74) is 2.80. The molecule has 0 fully saturated rings. The van der Waals surface area contributed by atoms with Crippen LogP contribution in [0.1, 0.15) is 21.5 Å². The zero-order chi connectivity index (χ0) is 15.6. The Kier molecular flexibility index (Phi) is 4.56. The maximum atomic E-state index is 12.2. The van der Waals surface area contributed by atoms with Crippen LogP contribution in [0, 0.1) is 27.5 Å². The van der Waals surface area contributed by atoms with E-state index in [1.807, 2.05) is 13.0 Å². The molecule has 0 radical (unpaired) electrons. The molecule has 1 N–H and O–H groups in total. The largest absolute Gasteiger partial charge is 0.321 e. The lowest BCUT2D eigenvalue weighted by Gasteiger charge is -2.09. The number of halogens is 1. The first-order valence-electron chi connectivity index (χ1n) is 6.21. The second-order valence-electron chi connectivity index (χ2n) is 4.67. The highest BCUT2D eigenvalue weighted by Gasteiger charge is 2.12. The number of nitro groups is 1. The first kappa shape index (κ1) is 15.4. The molecule has 0 atom stereocenters. The van der Waals surface area contributed by atoms with Gasteiger partial charge in [0, 0.05) is 21.3 Å². The van der Waals surface area contributed by atoms with Crippen molar-refractivity contribution in [3.05, 3.63) is 66.8 Å². The van der Waals surface area contributed by atoms with Crippen molar-refractivity contribution in [2.75, 3.05) is 5.32 Å². The fraction of sp³-hybridized carbons (Fsp3) is 0.133. The molecule has 0 unspecified atom stereocenters. The standard InChI is InChI=1S/C15H13IN2O3/c1-9-3-5-11(7-13(9)16)15(19)17-14-8-12(18(20)21)6-4-10(14)2/h3-8H,1-2H3,(H,17,19). The van der Waals surface area contributed by atoms with Gasteiger partial charge in [0.05, 0.1) is 10.6 Å². The number of rotatable bonds is 3. The first-order valence-corrected chi connectivity index (χ1v) is 7.29. The molecular weight excluding hydrogens is 383 g/mol. The van der Waals surface area contributed by atoms with E-state index in [0.717, 1.165) is 14.7 Å². The van der Waals surface area contributed by atoms with Crippen LogP contribution in [0.3, 0.4) is 0 Å². The summed E-state index contributed by atoms with van der Waals surface area (Å²) in [6.07, 6.45) is 0. The Morgan fingerprint density at radius 1 is 1.14 bits per heavy atom. The molecule has 2 aromatic rings. The number of nitrogens with zero attached hydrogens (tertiary/aromatic N) is 1. The topological polar surface area (TPSA) is 72.2 Å². The predicted molar refractivity (Wildman–Crippen MR) is 89.7 cm³/mol. The first-order chi connectivity index (χ1) is 9.88. The number of benzene rings is 2. The van der Waals surface area contributed by atoms with Gasteiger partial charge >= 0.3 is 0 Å². The molecule has 0 aliphatic carbocycles. The zero-order valence-corrected chi connectivity index (χ0v) is 13.7. The Balaban J connectivity index is 2.28. The van der Waals surface area contributed by atoms with Crippen molar-refractivity contribution < 1.29 is 9.72 Å². The lowest BCUT2D eigenvalue weighted by molar-refractivity contribution is -0.384. The number of nitro benzene ring substituents is 1. The van der Waals surface area contributed by atoms with Crippen LogP contribution in [-0.2, 0) is 0 Å². The minimum atomic E-state index is -0.482. The Morgan fingerprint density at radius 3 is 2.43 bits per heavy atom. The van der Waals surface area contributed by atoms with E-state index in [9.17, 15) is 14.9 Å². The van der Waals surface area contributed by atoms with E-state index in [2.05, 4.69) is 27.9 Å². The molecule has 0 bridgehead atoms. The van der Waals surface area contributed by atoms with Crippen LogP contribution in [0.2, 0.25) is 0 Å². The molecule has 6 heteroatoms. The van der Waals surface area contributed by atoms with Crippen LogP contribution in [0.4, 0.5) is 11.4 Å². The molecule has 5 nitrogen and oxygen atoms in total. The minimum absolute atomic E-state index is 0.0469. The SMILES string of the molecule is Cc1ccc(C(=O)Nc2cc([N+](=O)[O-])ccc2C)cc1I. The van der Waals surface area contributed by atoms with Gasteiger partial charge in [-0.2, -0.15) is 0 Å². The molecular formula is C15H13IN2O3. The van der Waals surface area contributed by atoms with Gasteiger partial charge in [-0.1, -0.05) is 12.1 Å². The van der Waals surface area contributed by atoms with E-state index >= 15 is 0 Å². The van der Waals surface area contributed by atoms with Crippen molar-refractivity contribution in [3.8, 4) is 0 Å². The van der Waals surface area contributed by atoms with E-state index in [-0.39, 0.29) is 11.6 Å². The lowest BCUT2D eigenvalue weighted by atomic mass is 10.1. The van der Waals surface area contributed by atoms with Gasteiger partial charge < -0.3 is 5.32 Å². The van der Waals surface area contributed by atoms with Crippen LogP contribution >= 0.6 is 22.6 Å². The molecule has 1 amide bonds. The number of non-ortho nitro benzene ring substituents is 1. The van der Waals surface area contributed by atoms with Gasteiger partial charge in [-0.3, -0.25) is 14.9 Å². The monoisotopic (exact) mass is 396 g/mol. The number of carbonyl (C=O) groups is 1. The molecule has 0 saturated carbocycles. The summed E-state index contributed by atoms with van der Waals surface area (Å²) in [6.45, 7) is 3.76. The summed E-state index contributed by atoms with van der Waals surface area (Å²) < 4.78 is 0.996. The van der Waals surface area contributed by atoms with E-state index in [4.69, 9.17) is 0 Å². The fourth-order valence-electron chi connectivity index (χ4n) is 1.79. The van der Waals surface area contributed by atoms with Gasteiger partial charge in [0.25, 0.3) is 11.6 Å². The van der Waals surface area contributed by atoms with Crippen molar-refractivity contribution in [1.29, 1.82) is 0 Å². The van der Waals surface area contributed by atoms with Crippen LogP contribution in [0.25, 0.3) is 0 Å². The third kappa shape index (κ3) is 3.57. The van der Waals surface area contributed by atoms with E-state index in [0.29, 0.717) is 11.3 Å². The molecule has 0 aromatic heterocycles. The molecule has 108 valence electrons. The number of anilines is 1. The highest BCUT2D eigenvalue weighted by molar-refractivity contribution is 14.1. The smallest absolute Gasteiger partial charge is 0.271 e. The fourth-order valence-corrected chi connectivity index (χ4v) is 2.30. The summed E-state index contributed by atoms with van der Waals surface area (Å²) in [5, 5.41) is 13.5. The quantitative estimate of drug-likeness (QED) is 0.483. The minimum Gasteiger partial charge on any atom is -0.321 e. The molecule has 2 rings (SSSR count). The number of amides is 1. The third-order valence-corrected chi connectivity index (χ3v) is 4.28. The Bertz CT molecular complexity index is 729. The van der Waals surface area contributed by atoms with Crippen LogP contribution in [0.5, 0.6) is 0 Å². The molecule has 0 aliphatic heterocycles. The number of aryl methyl sites for hydroxylation is 2. The molecule has 0 aliphatic rings. The van der Waals surface area contributed by atoms with E-state index < -0.39 is 4.92 Å². The highest BCUT2D eigenvalue weighted by Crippen LogP contribution is 2.23. The van der Waals surface area contributed by atoms with Gasteiger partial charge in [-0.05, 0) is 59.7 Å². The summed E-state index contributed by atoms with van der Waals surface area (Å²) in [7, 11) is 0. The second kappa shape index (κ2) is 6.21. The van der Waals surface area contributed by atoms with Crippen LogP contribution < -0.4 is 5.32 Å². The molecule has 0 spiro atoms. The van der Waals surface area contributed by atoms with Crippen molar-refractivity contribution in [2.24, 2.45) is 0 Å². The lowest BCUT2D eigenvalue weighted by Crippen LogP contribution is -2.13. The summed E-state index contributed by atoms with van der Waals surface area (Å²) >= 11 is 2.17. The molecule has 2 aromatic carbocycles.